The summed E-state index contributed by atoms with van der Waals surface area (Å²) < 4.78 is 11.6. The number of esters is 1. The lowest BCUT2D eigenvalue weighted by molar-refractivity contribution is -0.120. The first-order valence-corrected chi connectivity index (χ1v) is 11.6. The molecule has 0 heterocycles. The number of aryl methyl sites for hydroxylation is 1. The third kappa shape index (κ3) is 7.51. The molecular formula is C26H24BrN3O5. The van der Waals surface area contributed by atoms with Crippen molar-refractivity contribution < 1.29 is 23.9 Å². The van der Waals surface area contributed by atoms with E-state index in [4.69, 9.17) is 9.47 Å². The Morgan fingerprint density at radius 3 is 2.49 bits per heavy atom. The highest BCUT2D eigenvalue weighted by molar-refractivity contribution is 9.10. The van der Waals surface area contributed by atoms with Crippen molar-refractivity contribution in [3.8, 4) is 11.5 Å². The number of rotatable bonds is 9. The van der Waals surface area contributed by atoms with Crippen LogP contribution < -0.4 is 20.2 Å². The quantitative estimate of drug-likeness (QED) is 0.183. The molecule has 0 aliphatic carbocycles. The van der Waals surface area contributed by atoms with Crippen molar-refractivity contribution in [2.24, 2.45) is 5.10 Å². The fourth-order valence-corrected chi connectivity index (χ4v) is 3.39. The molecule has 2 amide bonds. The van der Waals surface area contributed by atoms with Crippen LogP contribution in [0.25, 0.3) is 0 Å². The summed E-state index contributed by atoms with van der Waals surface area (Å²) in [4.78, 5) is 36.9. The number of benzene rings is 3. The number of hydrogen-bond acceptors (Lipinski definition) is 6. The smallest absolute Gasteiger partial charge is 0.343 e. The van der Waals surface area contributed by atoms with Crippen LogP contribution in [0.1, 0.15) is 38.8 Å². The summed E-state index contributed by atoms with van der Waals surface area (Å²) in [6.45, 7) is 3.96. The highest BCUT2D eigenvalue weighted by Crippen LogP contribution is 2.23. The molecule has 0 saturated heterocycles. The largest absolute Gasteiger partial charge is 0.494 e. The number of hydrogen-bond donors (Lipinski definition) is 2. The Labute approximate surface area is 211 Å². The first-order chi connectivity index (χ1) is 16.9. The first kappa shape index (κ1) is 25.6. The molecule has 0 fully saturated rings. The molecule has 2 N–H and O–H groups in total. The molecule has 0 unspecified atom stereocenters. The van der Waals surface area contributed by atoms with Gasteiger partial charge in [-0.2, -0.15) is 5.10 Å². The van der Waals surface area contributed by atoms with E-state index in [9.17, 15) is 14.4 Å². The lowest BCUT2D eigenvalue weighted by Gasteiger charge is -2.09. The SMILES string of the molecule is CCOc1ccc(C(=O)NCC(=O)NN=Cc2cc(Br)ccc2OC(=O)c2ccccc2C)cc1. The van der Waals surface area contributed by atoms with Gasteiger partial charge in [-0.15, -0.1) is 0 Å². The van der Waals surface area contributed by atoms with Gasteiger partial charge in [-0.3, -0.25) is 9.59 Å². The molecule has 9 heteroatoms. The summed E-state index contributed by atoms with van der Waals surface area (Å²) >= 11 is 3.37. The Morgan fingerprint density at radius 2 is 1.77 bits per heavy atom. The highest BCUT2D eigenvalue weighted by Gasteiger charge is 2.14. The van der Waals surface area contributed by atoms with Crippen molar-refractivity contribution in [3.05, 3.63) is 93.5 Å². The second-order valence-electron chi connectivity index (χ2n) is 7.32. The van der Waals surface area contributed by atoms with Gasteiger partial charge in [0.2, 0.25) is 0 Å². The fraction of sp³-hybridized carbons (Fsp3) is 0.154. The van der Waals surface area contributed by atoms with Gasteiger partial charge >= 0.3 is 5.97 Å². The van der Waals surface area contributed by atoms with Crippen molar-refractivity contribution in [2.75, 3.05) is 13.2 Å². The van der Waals surface area contributed by atoms with E-state index in [1.165, 1.54) is 6.21 Å². The van der Waals surface area contributed by atoms with Crippen LogP contribution in [-0.4, -0.2) is 37.1 Å². The summed E-state index contributed by atoms with van der Waals surface area (Å²) in [5.41, 5.74) is 4.47. The minimum absolute atomic E-state index is 0.267. The Balaban J connectivity index is 1.57. The van der Waals surface area contributed by atoms with Crippen LogP contribution in [0, 0.1) is 6.92 Å². The predicted octanol–water partition coefficient (Wildman–Crippen LogP) is 4.26. The average Bonchev–Trinajstić information content (AvgIpc) is 2.85. The van der Waals surface area contributed by atoms with Gasteiger partial charge in [-0.25, -0.2) is 10.2 Å². The van der Waals surface area contributed by atoms with Crippen LogP contribution in [0.2, 0.25) is 0 Å². The van der Waals surface area contributed by atoms with E-state index < -0.39 is 17.8 Å². The van der Waals surface area contributed by atoms with Crippen molar-refractivity contribution in [3.63, 3.8) is 0 Å². The van der Waals surface area contributed by atoms with Crippen LogP contribution >= 0.6 is 15.9 Å². The summed E-state index contributed by atoms with van der Waals surface area (Å²) in [6.07, 6.45) is 1.36. The van der Waals surface area contributed by atoms with Gasteiger partial charge < -0.3 is 14.8 Å². The highest BCUT2D eigenvalue weighted by atomic mass is 79.9. The summed E-state index contributed by atoms with van der Waals surface area (Å²) in [5.74, 6) is -0.476. The van der Waals surface area contributed by atoms with Crippen LogP contribution in [0.15, 0.2) is 76.3 Å². The van der Waals surface area contributed by atoms with Crippen molar-refractivity contribution in [1.82, 2.24) is 10.7 Å². The molecule has 8 nitrogen and oxygen atoms in total. The minimum atomic E-state index is -0.519. The van der Waals surface area contributed by atoms with E-state index >= 15 is 0 Å². The topological polar surface area (TPSA) is 106 Å². The van der Waals surface area contributed by atoms with E-state index in [-0.39, 0.29) is 12.3 Å². The molecule has 0 radical (unpaired) electrons. The molecule has 0 bridgehead atoms. The Kier molecular flexibility index (Phi) is 9.14. The maximum absolute atomic E-state index is 12.6. The van der Waals surface area contributed by atoms with Crippen LogP contribution in [0.4, 0.5) is 0 Å². The molecule has 3 aromatic rings. The molecule has 35 heavy (non-hydrogen) atoms. The van der Waals surface area contributed by atoms with E-state index in [1.54, 1.807) is 54.6 Å². The third-order valence-electron chi connectivity index (χ3n) is 4.77. The number of halogens is 1. The lowest BCUT2D eigenvalue weighted by Crippen LogP contribution is -2.34. The molecule has 0 aliphatic rings. The predicted molar refractivity (Wildman–Crippen MR) is 136 cm³/mol. The van der Waals surface area contributed by atoms with Crippen molar-refractivity contribution in [2.45, 2.75) is 13.8 Å². The molecule has 0 aliphatic heterocycles. The maximum Gasteiger partial charge on any atom is 0.343 e. The summed E-state index contributed by atoms with van der Waals surface area (Å²) in [5, 5.41) is 6.45. The fourth-order valence-electron chi connectivity index (χ4n) is 3.02. The molecule has 0 saturated carbocycles. The Bertz CT molecular complexity index is 1240. The Morgan fingerprint density at radius 1 is 1.03 bits per heavy atom. The number of ether oxygens (including phenoxy) is 2. The maximum atomic E-state index is 12.6. The van der Waals surface area contributed by atoms with Gasteiger partial charge in [-0.1, -0.05) is 34.1 Å². The lowest BCUT2D eigenvalue weighted by atomic mass is 10.1. The molecule has 3 aromatic carbocycles. The second kappa shape index (κ2) is 12.5. The van der Waals surface area contributed by atoms with Crippen LogP contribution in [-0.2, 0) is 4.79 Å². The molecule has 180 valence electrons. The van der Waals surface area contributed by atoms with E-state index in [0.29, 0.717) is 29.0 Å². The van der Waals surface area contributed by atoms with Gasteiger partial charge in [0, 0.05) is 15.6 Å². The van der Waals surface area contributed by atoms with Gasteiger partial charge in [0.15, 0.2) is 0 Å². The normalized spacial score (nSPS) is 10.6. The van der Waals surface area contributed by atoms with Crippen molar-refractivity contribution in [1.29, 1.82) is 0 Å². The standard InChI is InChI=1S/C26H24BrN3O5/c1-3-34-21-11-8-18(9-12-21)25(32)28-16-24(31)30-29-15-19-14-20(27)10-13-23(19)35-26(33)22-7-5-4-6-17(22)2/h4-15H,3,16H2,1-2H3,(H,28,32)(H,30,31). The zero-order valence-corrected chi connectivity index (χ0v) is 20.8. The van der Waals surface area contributed by atoms with E-state index in [1.807, 2.05) is 26.0 Å². The van der Waals surface area contributed by atoms with Crippen molar-refractivity contribution >= 4 is 39.9 Å². The van der Waals surface area contributed by atoms with Gasteiger partial charge in [-0.05, 0) is 67.9 Å². The minimum Gasteiger partial charge on any atom is -0.494 e. The van der Waals surface area contributed by atoms with Crippen LogP contribution in [0.5, 0.6) is 11.5 Å². The zero-order valence-electron chi connectivity index (χ0n) is 19.2. The molecular weight excluding hydrogens is 514 g/mol. The summed E-state index contributed by atoms with van der Waals surface area (Å²) in [6, 6.07) is 18.8. The number of nitrogens with zero attached hydrogens (tertiary/aromatic N) is 1. The van der Waals surface area contributed by atoms with E-state index in [0.717, 1.165) is 10.0 Å². The van der Waals surface area contributed by atoms with Crippen LogP contribution in [0.3, 0.4) is 0 Å². The van der Waals surface area contributed by atoms with Gasteiger partial charge in [0.05, 0.1) is 24.9 Å². The van der Waals surface area contributed by atoms with Gasteiger partial charge in [0.25, 0.3) is 11.8 Å². The number of carbonyl (C=O) groups excluding carboxylic acids is 3. The molecule has 0 aromatic heterocycles. The van der Waals surface area contributed by atoms with E-state index in [2.05, 4.69) is 31.8 Å². The zero-order chi connectivity index (χ0) is 25.2. The molecule has 0 atom stereocenters. The number of amides is 2. The monoisotopic (exact) mass is 537 g/mol. The first-order valence-electron chi connectivity index (χ1n) is 10.8. The number of nitrogens with one attached hydrogen (secondary N) is 2. The van der Waals surface area contributed by atoms with Gasteiger partial charge in [0.1, 0.15) is 11.5 Å². The molecule has 3 rings (SSSR count). The molecule has 0 spiro atoms. The Hall–Kier alpha value is -3.98. The summed E-state index contributed by atoms with van der Waals surface area (Å²) in [7, 11) is 0. The third-order valence-corrected chi connectivity index (χ3v) is 5.26. The number of carbonyl (C=O) groups is 3. The average molecular weight is 538 g/mol. The number of hydrazone groups is 1. The second-order valence-corrected chi connectivity index (χ2v) is 8.24.